The first-order valence-electron chi connectivity index (χ1n) is 8.94. The number of benzene rings is 2. The third-order valence-electron chi connectivity index (χ3n) is 4.33. The molecule has 0 bridgehead atoms. The van der Waals surface area contributed by atoms with E-state index in [1.807, 2.05) is 62.4 Å². The molecule has 0 unspecified atom stereocenters. The lowest BCUT2D eigenvalue weighted by Gasteiger charge is -2.12. The number of hydrogen-bond donors (Lipinski definition) is 2. The molecule has 9 heteroatoms. The number of hydrogen-bond acceptors (Lipinski definition) is 6. The summed E-state index contributed by atoms with van der Waals surface area (Å²) in [6.07, 6.45) is 0.279. The van der Waals surface area contributed by atoms with Crippen molar-refractivity contribution in [3.63, 3.8) is 0 Å². The van der Waals surface area contributed by atoms with E-state index in [2.05, 4.69) is 25.9 Å². The molecule has 146 valence electrons. The highest BCUT2D eigenvalue weighted by molar-refractivity contribution is 7.80. The van der Waals surface area contributed by atoms with Gasteiger partial charge in [-0.15, -0.1) is 10.2 Å². The van der Waals surface area contributed by atoms with Crippen molar-refractivity contribution in [1.82, 2.24) is 25.1 Å². The standard InChI is InChI=1S/C20H18N6OS2/c1-12-10-15(18-25-26-13(2)23-24-20(26)29-18)8-9-16(12)21-19(28)22-17(27)11-14-6-4-3-5-7-14/h3-10H,11H2,1-2H3,(H2,21,22,27,28). The molecule has 0 aliphatic rings. The van der Waals surface area contributed by atoms with Crippen LogP contribution in [0.2, 0.25) is 0 Å². The summed E-state index contributed by atoms with van der Waals surface area (Å²) in [5, 5.41) is 19.6. The number of nitrogens with zero attached hydrogens (tertiary/aromatic N) is 4. The average molecular weight is 423 g/mol. The molecule has 1 amide bonds. The Bertz CT molecular complexity index is 1200. The monoisotopic (exact) mass is 422 g/mol. The van der Waals surface area contributed by atoms with Crippen LogP contribution in [-0.2, 0) is 11.2 Å². The van der Waals surface area contributed by atoms with Gasteiger partial charge in [-0.25, -0.2) is 0 Å². The Balaban J connectivity index is 1.42. The number of aryl methyl sites for hydroxylation is 2. The van der Waals surface area contributed by atoms with Crippen molar-refractivity contribution in [1.29, 1.82) is 0 Å². The van der Waals surface area contributed by atoms with Crippen LogP contribution in [0.15, 0.2) is 48.5 Å². The fraction of sp³-hybridized carbons (Fsp3) is 0.150. The summed E-state index contributed by atoms with van der Waals surface area (Å²) in [6, 6.07) is 15.5. The minimum Gasteiger partial charge on any atom is -0.332 e. The van der Waals surface area contributed by atoms with Crippen LogP contribution in [0.25, 0.3) is 15.5 Å². The van der Waals surface area contributed by atoms with Gasteiger partial charge in [0.25, 0.3) is 0 Å². The van der Waals surface area contributed by atoms with E-state index >= 15 is 0 Å². The fourth-order valence-corrected chi connectivity index (χ4v) is 3.98. The second-order valence-electron chi connectivity index (χ2n) is 6.54. The first-order chi connectivity index (χ1) is 14.0. The third kappa shape index (κ3) is 4.30. The summed E-state index contributed by atoms with van der Waals surface area (Å²) >= 11 is 6.77. The summed E-state index contributed by atoms with van der Waals surface area (Å²) in [5.41, 5.74) is 3.75. The summed E-state index contributed by atoms with van der Waals surface area (Å²) in [5.74, 6) is 0.604. The van der Waals surface area contributed by atoms with Gasteiger partial charge in [-0.05, 0) is 55.4 Å². The summed E-state index contributed by atoms with van der Waals surface area (Å²) in [7, 11) is 0. The molecule has 29 heavy (non-hydrogen) atoms. The van der Waals surface area contributed by atoms with Gasteiger partial charge in [0.2, 0.25) is 10.9 Å². The lowest BCUT2D eigenvalue weighted by Crippen LogP contribution is -2.35. The molecular formula is C20H18N6OS2. The Labute approximate surface area is 176 Å². The molecule has 0 fully saturated rings. The van der Waals surface area contributed by atoms with Crippen molar-refractivity contribution in [2.45, 2.75) is 20.3 Å². The van der Waals surface area contributed by atoms with Crippen LogP contribution in [0.5, 0.6) is 0 Å². The Kier molecular flexibility index (Phi) is 5.32. The van der Waals surface area contributed by atoms with Gasteiger partial charge in [-0.2, -0.15) is 9.61 Å². The lowest BCUT2D eigenvalue weighted by molar-refractivity contribution is -0.119. The zero-order valence-electron chi connectivity index (χ0n) is 15.8. The van der Waals surface area contributed by atoms with Crippen molar-refractivity contribution in [3.8, 4) is 10.6 Å². The van der Waals surface area contributed by atoms with Crippen molar-refractivity contribution < 1.29 is 4.79 Å². The van der Waals surface area contributed by atoms with E-state index in [0.717, 1.165) is 38.2 Å². The van der Waals surface area contributed by atoms with E-state index in [9.17, 15) is 4.79 Å². The molecular weight excluding hydrogens is 404 g/mol. The first kappa shape index (κ1) is 19.2. The number of rotatable bonds is 4. The average Bonchev–Trinajstić information content (AvgIpc) is 3.26. The number of thiocarbonyl (C=S) groups is 1. The molecule has 2 N–H and O–H groups in total. The minimum absolute atomic E-state index is 0.155. The Morgan fingerprint density at radius 3 is 2.66 bits per heavy atom. The van der Waals surface area contributed by atoms with E-state index < -0.39 is 0 Å². The molecule has 2 heterocycles. The van der Waals surface area contributed by atoms with Crippen LogP contribution >= 0.6 is 23.6 Å². The molecule has 7 nitrogen and oxygen atoms in total. The lowest BCUT2D eigenvalue weighted by atomic mass is 10.1. The van der Waals surface area contributed by atoms with Crippen molar-refractivity contribution in [3.05, 3.63) is 65.5 Å². The second kappa shape index (κ2) is 8.06. The van der Waals surface area contributed by atoms with Crippen LogP contribution < -0.4 is 10.6 Å². The topological polar surface area (TPSA) is 84.2 Å². The normalized spacial score (nSPS) is 10.8. The van der Waals surface area contributed by atoms with E-state index in [4.69, 9.17) is 12.2 Å². The highest BCUT2D eigenvalue weighted by Crippen LogP contribution is 2.28. The van der Waals surface area contributed by atoms with Crippen LogP contribution in [0.3, 0.4) is 0 Å². The molecule has 4 aromatic rings. The van der Waals surface area contributed by atoms with Gasteiger partial charge >= 0.3 is 0 Å². The second-order valence-corrected chi connectivity index (χ2v) is 7.91. The van der Waals surface area contributed by atoms with Crippen molar-refractivity contribution in [2.24, 2.45) is 0 Å². The number of aromatic nitrogens is 4. The van der Waals surface area contributed by atoms with Gasteiger partial charge in [0.1, 0.15) is 5.01 Å². The highest BCUT2D eigenvalue weighted by Gasteiger charge is 2.12. The smallest absolute Gasteiger partial charge is 0.234 e. The molecule has 0 aliphatic carbocycles. The quantitative estimate of drug-likeness (QED) is 0.490. The van der Waals surface area contributed by atoms with Gasteiger partial charge in [0.15, 0.2) is 10.9 Å². The fourth-order valence-electron chi connectivity index (χ4n) is 2.87. The maximum Gasteiger partial charge on any atom is 0.234 e. The van der Waals surface area contributed by atoms with Gasteiger partial charge in [0, 0.05) is 11.3 Å². The van der Waals surface area contributed by atoms with Crippen molar-refractivity contribution >= 4 is 45.2 Å². The first-order valence-corrected chi connectivity index (χ1v) is 10.2. The molecule has 0 aliphatic heterocycles. The third-order valence-corrected chi connectivity index (χ3v) is 5.48. The summed E-state index contributed by atoms with van der Waals surface area (Å²) < 4.78 is 1.74. The Morgan fingerprint density at radius 2 is 1.93 bits per heavy atom. The largest absolute Gasteiger partial charge is 0.332 e. The molecule has 0 saturated heterocycles. The summed E-state index contributed by atoms with van der Waals surface area (Å²) in [4.78, 5) is 12.9. The molecule has 0 radical (unpaired) electrons. The molecule has 2 aromatic heterocycles. The minimum atomic E-state index is -0.155. The van der Waals surface area contributed by atoms with E-state index in [1.165, 1.54) is 11.3 Å². The van der Waals surface area contributed by atoms with Crippen LogP contribution in [-0.4, -0.2) is 30.8 Å². The van der Waals surface area contributed by atoms with Gasteiger partial charge in [0.05, 0.1) is 6.42 Å². The molecule has 0 atom stereocenters. The molecule has 0 spiro atoms. The number of amides is 1. The Hall–Kier alpha value is -3.17. The van der Waals surface area contributed by atoms with Gasteiger partial charge in [-0.1, -0.05) is 41.7 Å². The maximum absolute atomic E-state index is 12.2. The Morgan fingerprint density at radius 1 is 1.14 bits per heavy atom. The number of anilines is 1. The van der Waals surface area contributed by atoms with Crippen molar-refractivity contribution in [2.75, 3.05) is 5.32 Å². The molecule has 4 rings (SSSR count). The van der Waals surface area contributed by atoms with Gasteiger partial charge < -0.3 is 10.6 Å². The zero-order valence-corrected chi connectivity index (χ0v) is 17.5. The SMILES string of the molecule is Cc1cc(-c2nn3c(C)nnc3s2)ccc1NC(=S)NC(=O)Cc1ccccc1. The predicted octanol–water partition coefficient (Wildman–Crippen LogP) is 3.53. The zero-order chi connectivity index (χ0) is 20.4. The molecule has 2 aromatic carbocycles. The van der Waals surface area contributed by atoms with E-state index in [1.54, 1.807) is 4.52 Å². The summed E-state index contributed by atoms with van der Waals surface area (Å²) in [6.45, 7) is 3.85. The van der Waals surface area contributed by atoms with Gasteiger partial charge in [-0.3, -0.25) is 4.79 Å². The van der Waals surface area contributed by atoms with Crippen LogP contribution in [0.4, 0.5) is 5.69 Å². The number of carbonyl (C=O) groups is 1. The maximum atomic E-state index is 12.2. The van der Waals surface area contributed by atoms with E-state index in [0.29, 0.717) is 0 Å². The van der Waals surface area contributed by atoms with Crippen LogP contribution in [0.1, 0.15) is 17.0 Å². The number of carbonyl (C=O) groups excluding carboxylic acids is 1. The van der Waals surface area contributed by atoms with E-state index in [-0.39, 0.29) is 17.4 Å². The molecule has 0 saturated carbocycles. The highest BCUT2D eigenvalue weighted by atomic mass is 32.1. The number of nitrogens with one attached hydrogen (secondary N) is 2. The number of fused-ring (bicyclic) bond motifs is 1. The predicted molar refractivity (Wildman–Crippen MR) is 118 cm³/mol. The van der Waals surface area contributed by atoms with Crippen LogP contribution in [0, 0.1) is 13.8 Å².